The van der Waals surface area contributed by atoms with Gasteiger partial charge >= 0.3 is 0 Å². The van der Waals surface area contributed by atoms with Gasteiger partial charge in [-0.15, -0.1) is 0 Å². The number of aliphatic hydroxyl groups is 1. The Hall–Kier alpha value is -1.35. The average Bonchev–Trinajstić information content (AvgIpc) is 3.07. The van der Waals surface area contributed by atoms with Gasteiger partial charge in [0.1, 0.15) is 0 Å². The molecule has 1 fully saturated rings. The molecule has 1 heterocycles. The van der Waals surface area contributed by atoms with Gasteiger partial charge in [0.2, 0.25) is 0 Å². The van der Waals surface area contributed by atoms with E-state index in [1.54, 1.807) is 11.9 Å². The summed E-state index contributed by atoms with van der Waals surface area (Å²) >= 11 is 0. The predicted octanol–water partition coefficient (Wildman–Crippen LogP) is 1.26. The highest BCUT2D eigenvalue weighted by atomic mass is 16.3. The topological polar surface area (TPSA) is 40.5 Å². The zero-order valence-electron chi connectivity index (χ0n) is 8.60. The van der Waals surface area contributed by atoms with E-state index in [0.29, 0.717) is 0 Å². The molecule has 0 radical (unpaired) electrons. The minimum atomic E-state index is -1.24. The number of benzene rings is 1. The number of likely N-dealkylation sites (N-methyl/N-ethyl adjacent to an activating group) is 1. The molecule has 1 aliphatic heterocycles. The molecule has 2 aliphatic rings. The molecule has 3 heteroatoms. The molecule has 1 amide bonds. The Balaban J connectivity index is 2.21. The number of nitrogens with zero attached hydrogens (tertiary/aromatic N) is 1. The van der Waals surface area contributed by atoms with E-state index >= 15 is 0 Å². The van der Waals surface area contributed by atoms with Crippen LogP contribution in [0.4, 0.5) is 5.69 Å². The van der Waals surface area contributed by atoms with Gasteiger partial charge in [0, 0.05) is 18.5 Å². The first-order valence-electron chi connectivity index (χ1n) is 5.25. The van der Waals surface area contributed by atoms with Crippen molar-refractivity contribution in [2.45, 2.75) is 18.4 Å². The van der Waals surface area contributed by atoms with E-state index in [1.807, 2.05) is 24.3 Å². The Kier molecular flexibility index (Phi) is 1.55. The van der Waals surface area contributed by atoms with Crippen molar-refractivity contribution in [1.29, 1.82) is 0 Å². The minimum Gasteiger partial charge on any atom is -0.375 e. The summed E-state index contributed by atoms with van der Waals surface area (Å²) in [5, 5.41) is 10.5. The second-order valence-electron chi connectivity index (χ2n) is 4.42. The van der Waals surface area contributed by atoms with E-state index in [-0.39, 0.29) is 11.8 Å². The second kappa shape index (κ2) is 2.61. The lowest BCUT2D eigenvalue weighted by Crippen LogP contribution is -2.40. The summed E-state index contributed by atoms with van der Waals surface area (Å²) < 4.78 is 0. The molecule has 15 heavy (non-hydrogen) atoms. The first kappa shape index (κ1) is 8.92. The molecule has 1 aromatic carbocycles. The van der Waals surface area contributed by atoms with Crippen LogP contribution in [0.15, 0.2) is 24.3 Å². The van der Waals surface area contributed by atoms with Crippen LogP contribution in [0.1, 0.15) is 18.4 Å². The molecular weight excluding hydrogens is 190 g/mol. The number of hydrogen-bond acceptors (Lipinski definition) is 2. The van der Waals surface area contributed by atoms with Gasteiger partial charge in [0.15, 0.2) is 5.60 Å². The molecular formula is C12H13NO2. The van der Waals surface area contributed by atoms with Gasteiger partial charge in [-0.1, -0.05) is 18.2 Å². The van der Waals surface area contributed by atoms with Gasteiger partial charge in [-0.3, -0.25) is 4.79 Å². The number of amides is 1. The second-order valence-corrected chi connectivity index (χ2v) is 4.42. The highest BCUT2D eigenvalue weighted by molar-refractivity contribution is 6.06. The lowest BCUT2D eigenvalue weighted by Gasteiger charge is -2.21. The molecule has 1 N–H and O–H groups in total. The van der Waals surface area contributed by atoms with Crippen molar-refractivity contribution in [3.8, 4) is 0 Å². The van der Waals surface area contributed by atoms with Crippen LogP contribution in [0.2, 0.25) is 0 Å². The van der Waals surface area contributed by atoms with Crippen LogP contribution in [0, 0.1) is 5.92 Å². The Bertz CT molecular complexity index is 439. The van der Waals surface area contributed by atoms with Crippen LogP contribution in [0.3, 0.4) is 0 Å². The molecule has 1 unspecified atom stereocenters. The van der Waals surface area contributed by atoms with Crippen molar-refractivity contribution >= 4 is 11.6 Å². The van der Waals surface area contributed by atoms with E-state index < -0.39 is 5.60 Å². The highest BCUT2D eigenvalue weighted by Crippen LogP contribution is 2.52. The fourth-order valence-electron chi connectivity index (χ4n) is 2.46. The Labute approximate surface area is 88.3 Å². The SMILES string of the molecule is CN1C(=O)C(O)(C2CC2)c2ccccc21. The van der Waals surface area contributed by atoms with Crippen LogP contribution in [-0.4, -0.2) is 18.1 Å². The Morgan fingerprint density at radius 3 is 2.73 bits per heavy atom. The molecule has 1 aliphatic carbocycles. The van der Waals surface area contributed by atoms with Crippen molar-refractivity contribution in [3.63, 3.8) is 0 Å². The van der Waals surface area contributed by atoms with Crippen molar-refractivity contribution in [1.82, 2.24) is 0 Å². The van der Waals surface area contributed by atoms with Gasteiger partial charge in [-0.25, -0.2) is 0 Å². The van der Waals surface area contributed by atoms with Crippen LogP contribution in [0.25, 0.3) is 0 Å². The molecule has 78 valence electrons. The van der Waals surface area contributed by atoms with E-state index in [4.69, 9.17) is 0 Å². The number of para-hydroxylation sites is 1. The molecule has 0 bridgehead atoms. The van der Waals surface area contributed by atoms with Crippen LogP contribution in [-0.2, 0) is 10.4 Å². The zero-order chi connectivity index (χ0) is 10.6. The molecule has 0 spiro atoms. The van der Waals surface area contributed by atoms with Gasteiger partial charge in [-0.05, 0) is 18.9 Å². The zero-order valence-corrected chi connectivity index (χ0v) is 8.60. The first-order chi connectivity index (χ1) is 7.15. The van der Waals surface area contributed by atoms with Crippen LogP contribution < -0.4 is 4.90 Å². The Morgan fingerprint density at radius 2 is 2.07 bits per heavy atom. The number of rotatable bonds is 1. The van der Waals surface area contributed by atoms with Crippen molar-refractivity contribution in [2.75, 3.05) is 11.9 Å². The van der Waals surface area contributed by atoms with Gasteiger partial charge in [0.05, 0.1) is 5.69 Å². The summed E-state index contributed by atoms with van der Waals surface area (Å²) in [6.07, 6.45) is 1.90. The molecule has 1 atom stereocenters. The third-order valence-corrected chi connectivity index (χ3v) is 3.47. The predicted molar refractivity (Wildman–Crippen MR) is 56.5 cm³/mol. The Morgan fingerprint density at radius 1 is 1.40 bits per heavy atom. The largest absolute Gasteiger partial charge is 0.375 e. The van der Waals surface area contributed by atoms with Crippen LogP contribution in [0.5, 0.6) is 0 Å². The number of anilines is 1. The summed E-state index contributed by atoms with van der Waals surface area (Å²) in [6, 6.07) is 7.50. The monoisotopic (exact) mass is 203 g/mol. The van der Waals surface area contributed by atoms with Crippen molar-refractivity contribution in [2.24, 2.45) is 5.92 Å². The van der Waals surface area contributed by atoms with E-state index in [9.17, 15) is 9.90 Å². The fourth-order valence-corrected chi connectivity index (χ4v) is 2.46. The standard InChI is InChI=1S/C12H13NO2/c1-13-10-5-3-2-4-9(10)12(15,11(13)14)8-6-7-8/h2-5,8,15H,6-7H2,1H3. The molecule has 0 saturated heterocycles. The molecule has 3 nitrogen and oxygen atoms in total. The highest BCUT2D eigenvalue weighted by Gasteiger charge is 2.57. The molecule has 3 rings (SSSR count). The van der Waals surface area contributed by atoms with Gasteiger partial charge in [0.25, 0.3) is 5.91 Å². The molecule has 1 aromatic rings. The summed E-state index contributed by atoms with van der Waals surface area (Å²) in [5.74, 6) is -0.0534. The summed E-state index contributed by atoms with van der Waals surface area (Å²) in [5.41, 5.74) is 0.377. The average molecular weight is 203 g/mol. The molecule has 1 saturated carbocycles. The van der Waals surface area contributed by atoms with E-state index in [2.05, 4.69) is 0 Å². The van der Waals surface area contributed by atoms with Gasteiger partial charge in [-0.2, -0.15) is 0 Å². The number of carbonyl (C=O) groups excluding carboxylic acids is 1. The summed E-state index contributed by atoms with van der Waals surface area (Å²) in [6.45, 7) is 0. The number of fused-ring (bicyclic) bond motifs is 1. The third-order valence-electron chi connectivity index (χ3n) is 3.47. The smallest absolute Gasteiger partial charge is 0.263 e. The van der Waals surface area contributed by atoms with E-state index in [0.717, 1.165) is 24.1 Å². The molecule has 0 aromatic heterocycles. The third kappa shape index (κ3) is 0.960. The summed E-state index contributed by atoms with van der Waals surface area (Å²) in [7, 11) is 1.72. The van der Waals surface area contributed by atoms with Crippen molar-refractivity contribution in [3.05, 3.63) is 29.8 Å². The summed E-state index contributed by atoms with van der Waals surface area (Å²) in [4.78, 5) is 13.6. The maximum Gasteiger partial charge on any atom is 0.263 e. The maximum absolute atomic E-state index is 12.0. The maximum atomic E-state index is 12.0. The fraction of sp³-hybridized carbons (Fsp3) is 0.417. The van der Waals surface area contributed by atoms with E-state index in [1.165, 1.54) is 0 Å². The number of hydrogen-bond donors (Lipinski definition) is 1. The van der Waals surface area contributed by atoms with Gasteiger partial charge < -0.3 is 10.0 Å². The lowest BCUT2D eigenvalue weighted by molar-refractivity contribution is -0.138. The van der Waals surface area contributed by atoms with Crippen molar-refractivity contribution < 1.29 is 9.90 Å². The first-order valence-corrected chi connectivity index (χ1v) is 5.25. The lowest BCUT2D eigenvalue weighted by atomic mass is 9.90. The number of carbonyl (C=O) groups is 1. The quantitative estimate of drug-likeness (QED) is 0.746. The van der Waals surface area contributed by atoms with Crippen LogP contribution >= 0.6 is 0 Å². The minimum absolute atomic E-state index is 0.121. The normalized spacial score (nSPS) is 29.5.